The van der Waals surface area contributed by atoms with Crippen LogP contribution in [0.25, 0.3) is 0 Å². The van der Waals surface area contributed by atoms with Gasteiger partial charge in [-0.3, -0.25) is 4.90 Å². The van der Waals surface area contributed by atoms with Gasteiger partial charge < -0.3 is 9.47 Å². The number of methoxy groups -OCH3 is 1. The van der Waals surface area contributed by atoms with Gasteiger partial charge in [0.2, 0.25) is 0 Å². The largest absolute Gasteiger partial charge is 0.496 e. The molecule has 1 atom stereocenters. The molecule has 1 spiro atoms. The van der Waals surface area contributed by atoms with Crippen LogP contribution < -0.4 is 4.74 Å². The molecule has 5 nitrogen and oxygen atoms in total. The van der Waals surface area contributed by atoms with Gasteiger partial charge in [-0.25, -0.2) is 8.42 Å². The lowest BCUT2D eigenvalue weighted by molar-refractivity contribution is 0.0289. The first-order valence-electron chi connectivity index (χ1n) is 8.16. The molecule has 23 heavy (non-hydrogen) atoms. The summed E-state index contributed by atoms with van der Waals surface area (Å²) < 4.78 is 35.4. The number of benzene rings is 1. The molecule has 0 aromatic heterocycles. The predicted octanol–water partition coefficient (Wildman–Crippen LogP) is 1.72. The summed E-state index contributed by atoms with van der Waals surface area (Å²) >= 11 is 0. The molecular weight excluding hydrogens is 314 g/mol. The second kappa shape index (κ2) is 6.42. The Morgan fingerprint density at radius 3 is 2.74 bits per heavy atom. The van der Waals surface area contributed by atoms with E-state index < -0.39 is 14.6 Å². The lowest BCUT2D eigenvalue weighted by Crippen LogP contribution is -2.67. The topological polar surface area (TPSA) is 55.8 Å². The van der Waals surface area contributed by atoms with Gasteiger partial charge in [-0.15, -0.1) is 0 Å². The first-order valence-corrected chi connectivity index (χ1v) is 9.82. The molecule has 2 fully saturated rings. The molecular formula is C17H25NO4S. The number of ether oxygens (including phenoxy) is 2. The summed E-state index contributed by atoms with van der Waals surface area (Å²) in [6.07, 6.45) is 0.727. The van der Waals surface area contributed by atoms with Crippen molar-refractivity contribution in [2.45, 2.75) is 24.6 Å². The lowest BCUT2D eigenvalue weighted by atomic mass is 9.83. The van der Waals surface area contributed by atoms with E-state index in [1.54, 1.807) is 7.11 Å². The van der Waals surface area contributed by atoms with E-state index in [0.717, 1.165) is 24.3 Å². The van der Waals surface area contributed by atoms with E-state index in [1.807, 2.05) is 31.2 Å². The fourth-order valence-electron chi connectivity index (χ4n) is 3.86. The van der Waals surface area contributed by atoms with Gasteiger partial charge in [0.25, 0.3) is 0 Å². The van der Waals surface area contributed by atoms with Crippen molar-refractivity contribution in [2.75, 3.05) is 39.2 Å². The fourth-order valence-corrected chi connectivity index (χ4v) is 6.32. The highest BCUT2D eigenvalue weighted by atomic mass is 32.2. The van der Waals surface area contributed by atoms with E-state index >= 15 is 0 Å². The van der Waals surface area contributed by atoms with Crippen molar-refractivity contribution in [1.82, 2.24) is 4.90 Å². The first kappa shape index (κ1) is 16.7. The molecule has 0 N–H and O–H groups in total. The highest BCUT2D eigenvalue weighted by Gasteiger charge is 2.61. The summed E-state index contributed by atoms with van der Waals surface area (Å²) in [5.41, 5.74) is 1.10. The third-order valence-electron chi connectivity index (χ3n) is 5.19. The van der Waals surface area contributed by atoms with Gasteiger partial charge in [-0.05, 0) is 19.4 Å². The molecule has 2 saturated heterocycles. The maximum atomic E-state index is 12.6. The average molecular weight is 339 g/mol. The van der Waals surface area contributed by atoms with Crippen LogP contribution in [0.5, 0.6) is 5.75 Å². The van der Waals surface area contributed by atoms with Gasteiger partial charge in [0.15, 0.2) is 9.84 Å². The third-order valence-corrected chi connectivity index (χ3v) is 7.79. The molecule has 1 aromatic carbocycles. The number of hydrogen-bond acceptors (Lipinski definition) is 5. The Morgan fingerprint density at radius 1 is 1.30 bits per heavy atom. The lowest BCUT2D eigenvalue weighted by Gasteiger charge is -2.50. The minimum atomic E-state index is -3.02. The van der Waals surface area contributed by atoms with Gasteiger partial charge in [0.1, 0.15) is 10.5 Å². The summed E-state index contributed by atoms with van der Waals surface area (Å²) in [7, 11) is -1.36. The Balaban J connectivity index is 1.70. The maximum Gasteiger partial charge on any atom is 0.158 e. The van der Waals surface area contributed by atoms with Crippen LogP contribution >= 0.6 is 0 Å². The Morgan fingerprint density at radius 2 is 2.04 bits per heavy atom. The Labute approximate surface area is 138 Å². The molecule has 128 valence electrons. The van der Waals surface area contributed by atoms with E-state index in [4.69, 9.17) is 9.47 Å². The summed E-state index contributed by atoms with van der Waals surface area (Å²) in [5.74, 6) is 1.28. The van der Waals surface area contributed by atoms with Crippen molar-refractivity contribution in [3.05, 3.63) is 29.8 Å². The van der Waals surface area contributed by atoms with Gasteiger partial charge in [-0.2, -0.15) is 0 Å². The van der Waals surface area contributed by atoms with Crippen molar-refractivity contribution in [3.63, 3.8) is 0 Å². The van der Waals surface area contributed by atoms with Gasteiger partial charge >= 0.3 is 0 Å². The number of rotatable bonds is 6. The van der Waals surface area contributed by atoms with E-state index in [1.165, 1.54) is 0 Å². The minimum Gasteiger partial charge on any atom is -0.496 e. The van der Waals surface area contributed by atoms with Crippen LogP contribution in [0, 0.1) is 5.92 Å². The summed E-state index contributed by atoms with van der Waals surface area (Å²) in [4.78, 5) is 2.19. The van der Waals surface area contributed by atoms with E-state index in [2.05, 4.69) is 4.90 Å². The number of nitrogens with zero attached hydrogens (tertiary/aromatic N) is 1. The van der Waals surface area contributed by atoms with Crippen molar-refractivity contribution in [2.24, 2.45) is 5.92 Å². The number of para-hydroxylation sites is 1. The summed E-state index contributed by atoms with van der Waals surface area (Å²) in [6, 6.07) is 7.90. The van der Waals surface area contributed by atoms with Crippen LogP contribution in [0.1, 0.15) is 18.9 Å². The Kier molecular flexibility index (Phi) is 4.67. The molecule has 0 aliphatic carbocycles. The number of likely N-dealkylation sites (tertiary alicyclic amines) is 1. The highest BCUT2D eigenvalue weighted by Crippen LogP contribution is 2.45. The Hall–Kier alpha value is -1.11. The third kappa shape index (κ3) is 2.88. The monoisotopic (exact) mass is 339 g/mol. The molecule has 0 radical (unpaired) electrons. The summed E-state index contributed by atoms with van der Waals surface area (Å²) in [6.45, 7) is 5.07. The molecule has 1 unspecified atom stereocenters. The molecule has 3 rings (SSSR count). The fraction of sp³-hybridized carbons (Fsp3) is 0.647. The molecule has 1 aromatic rings. The molecule has 0 amide bonds. The van der Waals surface area contributed by atoms with Crippen molar-refractivity contribution >= 4 is 9.84 Å². The van der Waals surface area contributed by atoms with Crippen LogP contribution in [0.3, 0.4) is 0 Å². The van der Waals surface area contributed by atoms with Gasteiger partial charge in [0.05, 0.1) is 19.5 Å². The van der Waals surface area contributed by atoms with Crippen molar-refractivity contribution in [3.8, 4) is 5.75 Å². The quantitative estimate of drug-likeness (QED) is 0.790. The number of hydrogen-bond donors (Lipinski definition) is 0. The van der Waals surface area contributed by atoms with E-state index in [0.29, 0.717) is 32.1 Å². The van der Waals surface area contributed by atoms with E-state index in [-0.39, 0.29) is 5.92 Å². The molecule has 2 aliphatic rings. The highest BCUT2D eigenvalue weighted by molar-refractivity contribution is 7.93. The zero-order valence-electron chi connectivity index (χ0n) is 13.8. The first-order chi connectivity index (χ1) is 11.0. The normalized spacial score (nSPS) is 25.4. The predicted molar refractivity (Wildman–Crippen MR) is 89.4 cm³/mol. The molecule has 2 heterocycles. The zero-order chi connectivity index (χ0) is 16.5. The minimum absolute atomic E-state index is 0.126. The molecule has 0 bridgehead atoms. The van der Waals surface area contributed by atoms with Crippen LogP contribution in [0.15, 0.2) is 24.3 Å². The molecule has 2 aliphatic heterocycles. The smallest absolute Gasteiger partial charge is 0.158 e. The van der Waals surface area contributed by atoms with Crippen LogP contribution in [0.2, 0.25) is 0 Å². The second-order valence-electron chi connectivity index (χ2n) is 6.49. The maximum absolute atomic E-state index is 12.6. The SMILES string of the molecule is CCOCC1CCS(=O)(=O)C12CN(Cc1ccccc1OC)C2. The van der Waals surface area contributed by atoms with Crippen molar-refractivity contribution < 1.29 is 17.9 Å². The standard InChI is InChI=1S/C17H25NO4S/c1-3-22-11-15-8-9-23(19,20)17(15)12-18(13-17)10-14-6-4-5-7-16(14)21-2/h4-7,15H,3,8-13H2,1-2H3. The average Bonchev–Trinajstić information content (AvgIpc) is 2.77. The number of sulfone groups is 1. The van der Waals surface area contributed by atoms with Crippen molar-refractivity contribution in [1.29, 1.82) is 0 Å². The van der Waals surface area contributed by atoms with Crippen LogP contribution in [-0.4, -0.2) is 57.2 Å². The Bertz CT molecular complexity index is 652. The van der Waals surface area contributed by atoms with Gasteiger partial charge in [-0.1, -0.05) is 18.2 Å². The van der Waals surface area contributed by atoms with Crippen LogP contribution in [0.4, 0.5) is 0 Å². The second-order valence-corrected chi connectivity index (χ2v) is 8.94. The van der Waals surface area contributed by atoms with Crippen LogP contribution in [-0.2, 0) is 21.1 Å². The molecule has 0 saturated carbocycles. The zero-order valence-corrected chi connectivity index (χ0v) is 14.6. The van der Waals surface area contributed by atoms with Gasteiger partial charge in [0, 0.05) is 37.7 Å². The molecule has 6 heteroatoms. The van der Waals surface area contributed by atoms with E-state index in [9.17, 15) is 8.42 Å². The summed E-state index contributed by atoms with van der Waals surface area (Å²) in [5, 5.41) is 0.